The fourth-order valence-corrected chi connectivity index (χ4v) is 5.37. The normalized spacial score (nSPS) is 19.4. The van der Waals surface area contributed by atoms with Crippen molar-refractivity contribution in [1.29, 1.82) is 0 Å². The van der Waals surface area contributed by atoms with E-state index in [0.29, 0.717) is 0 Å². The summed E-state index contributed by atoms with van der Waals surface area (Å²) in [5.41, 5.74) is 2.49. The number of benzene rings is 2. The van der Waals surface area contributed by atoms with Crippen LogP contribution in [-0.4, -0.2) is 62.2 Å². The Morgan fingerprint density at radius 1 is 0.906 bits per heavy atom. The van der Waals surface area contributed by atoms with E-state index in [0.717, 1.165) is 56.0 Å². The van der Waals surface area contributed by atoms with Crippen LogP contribution in [0.5, 0.6) is 0 Å². The number of aryl methyl sites for hydroxylation is 2. The summed E-state index contributed by atoms with van der Waals surface area (Å²) in [5, 5.41) is 13.7. The van der Waals surface area contributed by atoms with Gasteiger partial charge >= 0.3 is 0 Å². The van der Waals surface area contributed by atoms with Crippen LogP contribution >= 0.6 is 11.6 Å². The summed E-state index contributed by atoms with van der Waals surface area (Å²) in [4.78, 5) is 5.24. The van der Waals surface area contributed by atoms with E-state index in [2.05, 4.69) is 61.7 Å². The molecule has 1 saturated carbocycles. The lowest BCUT2D eigenvalue weighted by molar-refractivity contribution is 0.0770. The standard InChI is InChI=1S/C25H31ClN6/c26-22-12-10-21(11-13-22)24(31-18-16-30(17-19-31)23-8-4-5-9-23)25-27-28-29-32(25)15-14-20-6-2-1-3-7-20/h1-3,6-7,10-13,23-24H,4-5,8-9,14-19H2. The van der Waals surface area contributed by atoms with Gasteiger partial charge in [0.05, 0.1) is 6.04 Å². The van der Waals surface area contributed by atoms with Crippen molar-refractivity contribution in [2.24, 2.45) is 0 Å². The largest absolute Gasteiger partial charge is 0.298 e. The van der Waals surface area contributed by atoms with Crippen LogP contribution in [0.1, 0.15) is 48.7 Å². The predicted molar refractivity (Wildman–Crippen MR) is 127 cm³/mol. The molecule has 1 aliphatic heterocycles. The molecule has 0 bridgehead atoms. The second-order valence-corrected chi connectivity index (χ2v) is 9.40. The first kappa shape index (κ1) is 21.6. The fraction of sp³-hybridized carbons (Fsp3) is 0.480. The van der Waals surface area contributed by atoms with Gasteiger partial charge in [-0.1, -0.05) is 66.9 Å². The highest BCUT2D eigenvalue weighted by Gasteiger charge is 2.33. The Kier molecular flexibility index (Phi) is 6.81. The summed E-state index contributed by atoms with van der Waals surface area (Å²) in [6, 6.07) is 19.5. The van der Waals surface area contributed by atoms with E-state index in [9.17, 15) is 0 Å². The molecule has 3 aromatic rings. The van der Waals surface area contributed by atoms with Gasteiger partial charge in [0, 0.05) is 43.8 Å². The average molecular weight is 451 g/mol. The predicted octanol–water partition coefficient (Wildman–Crippen LogP) is 4.22. The van der Waals surface area contributed by atoms with Crippen molar-refractivity contribution in [2.75, 3.05) is 26.2 Å². The first-order valence-electron chi connectivity index (χ1n) is 11.8. The van der Waals surface area contributed by atoms with E-state index in [1.54, 1.807) is 0 Å². The minimum absolute atomic E-state index is 0.0313. The number of piperazine rings is 1. The van der Waals surface area contributed by atoms with Gasteiger partial charge in [0.25, 0.3) is 0 Å². The lowest BCUT2D eigenvalue weighted by Gasteiger charge is -2.41. The maximum atomic E-state index is 6.20. The monoisotopic (exact) mass is 450 g/mol. The Balaban J connectivity index is 1.36. The molecule has 0 radical (unpaired) electrons. The number of hydrogen-bond donors (Lipinski definition) is 0. The first-order chi connectivity index (χ1) is 15.8. The Morgan fingerprint density at radius 3 is 2.34 bits per heavy atom. The lowest BCUT2D eigenvalue weighted by atomic mass is 10.0. The summed E-state index contributed by atoms with van der Waals surface area (Å²) in [5.74, 6) is 0.914. The molecule has 1 aliphatic carbocycles. The van der Waals surface area contributed by atoms with Crippen LogP contribution in [0.25, 0.3) is 0 Å². The first-order valence-corrected chi connectivity index (χ1v) is 12.2. The quantitative estimate of drug-likeness (QED) is 0.539. The van der Waals surface area contributed by atoms with Gasteiger partial charge in [-0.3, -0.25) is 9.80 Å². The molecule has 168 valence electrons. The molecule has 2 fully saturated rings. The molecule has 1 aromatic heterocycles. The van der Waals surface area contributed by atoms with Crippen LogP contribution in [0.2, 0.25) is 5.02 Å². The zero-order valence-corrected chi connectivity index (χ0v) is 19.2. The SMILES string of the molecule is Clc1ccc(C(c2nnnn2CCc2ccccc2)N2CCN(C3CCCC3)CC2)cc1. The molecular formula is C25H31ClN6. The van der Waals surface area contributed by atoms with Gasteiger partial charge in [0.2, 0.25) is 0 Å². The third-order valence-electron chi connectivity index (χ3n) is 7.00. The van der Waals surface area contributed by atoms with Crippen LogP contribution < -0.4 is 0 Å². The second-order valence-electron chi connectivity index (χ2n) is 8.96. The Labute approximate surface area is 195 Å². The average Bonchev–Trinajstić information content (AvgIpc) is 3.53. The number of halogens is 1. The number of rotatable bonds is 7. The van der Waals surface area contributed by atoms with Gasteiger partial charge in [-0.25, -0.2) is 4.68 Å². The molecule has 1 saturated heterocycles. The van der Waals surface area contributed by atoms with Gasteiger partial charge in [-0.15, -0.1) is 5.10 Å². The highest BCUT2D eigenvalue weighted by Crippen LogP contribution is 2.31. The Bertz CT molecular complexity index is 975. The Morgan fingerprint density at radius 2 is 1.62 bits per heavy atom. The number of hydrogen-bond acceptors (Lipinski definition) is 5. The zero-order chi connectivity index (χ0) is 21.8. The second kappa shape index (κ2) is 10.1. The van der Waals surface area contributed by atoms with E-state index in [-0.39, 0.29) is 6.04 Å². The molecule has 0 N–H and O–H groups in total. The van der Waals surface area contributed by atoms with Crippen molar-refractivity contribution in [2.45, 2.75) is 50.7 Å². The highest BCUT2D eigenvalue weighted by molar-refractivity contribution is 6.30. The van der Waals surface area contributed by atoms with E-state index < -0.39 is 0 Å². The molecule has 1 unspecified atom stereocenters. The van der Waals surface area contributed by atoms with Crippen molar-refractivity contribution in [1.82, 2.24) is 30.0 Å². The summed E-state index contributed by atoms with van der Waals surface area (Å²) >= 11 is 6.20. The number of tetrazole rings is 1. The molecule has 2 heterocycles. The molecule has 0 spiro atoms. The molecule has 2 aromatic carbocycles. The van der Waals surface area contributed by atoms with Crippen LogP contribution in [0.15, 0.2) is 54.6 Å². The molecule has 2 aliphatic rings. The van der Waals surface area contributed by atoms with E-state index in [1.165, 1.54) is 36.8 Å². The summed E-state index contributed by atoms with van der Waals surface area (Å²) in [7, 11) is 0. The van der Waals surface area contributed by atoms with Gasteiger partial charge in [0.15, 0.2) is 5.82 Å². The minimum atomic E-state index is 0.0313. The summed E-state index contributed by atoms with van der Waals surface area (Å²) < 4.78 is 1.98. The van der Waals surface area contributed by atoms with Crippen molar-refractivity contribution in [3.63, 3.8) is 0 Å². The summed E-state index contributed by atoms with van der Waals surface area (Å²) in [6.07, 6.45) is 6.39. The maximum Gasteiger partial charge on any atom is 0.173 e. The molecule has 5 rings (SSSR count). The van der Waals surface area contributed by atoms with Crippen molar-refractivity contribution in [3.05, 3.63) is 76.6 Å². The number of nitrogens with zero attached hydrogens (tertiary/aromatic N) is 6. The van der Waals surface area contributed by atoms with Crippen LogP contribution in [0.4, 0.5) is 0 Å². The molecular weight excluding hydrogens is 420 g/mol. The maximum absolute atomic E-state index is 6.20. The van der Waals surface area contributed by atoms with E-state index in [4.69, 9.17) is 11.6 Å². The van der Waals surface area contributed by atoms with Crippen molar-refractivity contribution >= 4 is 11.6 Å². The van der Waals surface area contributed by atoms with Gasteiger partial charge in [0.1, 0.15) is 0 Å². The molecule has 7 heteroatoms. The third-order valence-corrected chi connectivity index (χ3v) is 7.25. The third kappa shape index (κ3) is 4.87. The Hall–Kier alpha value is -2.28. The lowest BCUT2D eigenvalue weighted by Crippen LogP contribution is -2.51. The molecule has 1 atom stereocenters. The fourth-order valence-electron chi connectivity index (χ4n) is 5.24. The van der Waals surface area contributed by atoms with Crippen LogP contribution in [0, 0.1) is 0 Å². The molecule has 32 heavy (non-hydrogen) atoms. The topological polar surface area (TPSA) is 50.1 Å². The highest BCUT2D eigenvalue weighted by atomic mass is 35.5. The smallest absolute Gasteiger partial charge is 0.173 e. The molecule has 0 amide bonds. The number of aromatic nitrogens is 4. The van der Waals surface area contributed by atoms with Crippen molar-refractivity contribution in [3.8, 4) is 0 Å². The van der Waals surface area contributed by atoms with Crippen LogP contribution in [-0.2, 0) is 13.0 Å². The van der Waals surface area contributed by atoms with Gasteiger partial charge in [-0.2, -0.15) is 0 Å². The van der Waals surface area contributed by atoms with E-state index >= 15 is 0 Å². The van der Waals surface area contributed by atoms with E-state index in [1.807, 2.05) is 22.9 Å². The van der Waals surface area contributed by atoms with Gasteiger partial charge < -0.3 is 0 Å². The zero-order valence-electron chi connectivity index (χ0n) is 18.5. The summed E-state index contributed by atoms with van der Waals surface area (Å²) in [6.45, 7) is 5.03. The van der Waals surface area contributed by atoms with Gasteiger partial charge in [-0.05, 0) is 52.9 Å². The van der Waals surface area contributed by atoms with Crippen molar-refractivity contribution < 1.29 is 0 Å². The minimum Gasteiger partial charge on any atom is -0.298 e. The van der Waals surface area contributed by atoms with Crippen LogP contribution in [0.3, 0.4) is 0 Å². The molecule has 6 nitrogen and oxygen atoms in total.